The van der Waals surface area contributed by atoms with Crippen LogP contribution in [0.15, 0.2) is 24.3 Å². The standard InChI is InChI=1S/C15H21N3/c1-10-6-7-11(2)13(8-10)15(16-4)14-9-12(3)18(5)17-14/h6-9,15-16H,1-5H3. The van der Waals surface area contributed by atoms with Gasteiger partial charge in [-0.15, -0.1) is 0 Å². The summed E-state index contributed by atoms with van der Waals surface area (Å²) in [5.41, 5.74) is 6.13. The summed E-state index contributed by atoms with van der Waals surface area (Å²) < 4.78 is 1.92. The molecule has 18 heavy (non-hydrogen) atoms. The summed E-state index contributed by atoms with van der Waals surface area (Å²) >= 11 is 0. The maximum absolute atomic E-state index is 4.58. The molecule has 3 heteroatoms. The van der Waals surface area contributed by atoms with E-state index in [9.17, 15) is 0 Å². The first-order chi connectivity index (χ1) is 8.52. The van der Waals surface area contributed by atoms with Crippen LogP contribution in [0.2, 0.25) is 0 Å². The molecule has 1 N–H and O–H groups in total. The molecular weight excluding hydrogens is 222 g/mol. The zero-order valence-corrected chi connectivity index (χ0v) is 11.8. The van der Waals surface area contributed by atoms with Gasteiger partial charge in [0.15, 0.2) is 0 Å². The third-order valence-corrected chi connectivity index (χ3v) is 3.46. The van der Waals surface area contributed by atoms with E-state index in [4.69, 9.17) is 0 Å². The van der Waals surface area contributed by atoms with Crippen molar-refractivity contribution >= 4 is 0 Å². The maximum atomic E-state index is 4.58. The molecule has 1 aromatic carbocycles. The first-order valence-electron chi connectivity index (χ1n) is 6.28. The van der Waals surface area contributed by atoms with E-state index in [2.05, 4.69) is 55.5 Å². The highest BCUT2D eigenvalue weighted by Crippen LogP contribution is 2.25. The molecule has 0 saturated carbocycles. The molecule has 2 rings (SSSR count). The van der Waals surface area contributed by atoms with Crippen LogP contribution in [0.3, 0.4) is 0 Å². The van der Waals surface area contributed by atoms with Crippen LogP contribution >= 0.6 is 0 Å². The van der Waals surface area contributed by atoms with E-state index in [1.54, 1.807) is 0 Å². The number of benzene rings is 1. The van der Waals surface area contributed by atoms with Gasteiger partial charge in [-0.3, -0.25) is 4.68 Å². The Morgan fingerprint density at radius 1 is 1.17 bits per heavy atom. The van der Waals surface area contributed by atoms with Crippen LogP contribution in [0.4, 0.5) is 0 Å². The van der Waals surface area contributed by atoms with Crippen molar-refractivity contribution in [2.45, 2.75) is 26.8 Å². The van der Waals surface area contributed by atoms with Crippen molar-refractivity contribution in [1.29, 1.82) is 0 Å². The Kier molecular flexibility index (Phi) is 3.53. The lowest BCUT2D eigenvalue weighted by Gasteiger charge is -2.17. The second-order valence-corrected chi connectivity index (χ2v) is 4.92. The summed E-state index contributed by atoms with van der Waals surface area (Å²) in [4.78, 5) is 0. The number of rotatable bonds is 3. The Balaban J connectivity index is 2.48. The molecule has 96 valence electrons. The highest BCUT2D eigenvalue weighted by molar-refractivity contribution is 5.37. The van der Waals surface area contributed by atoms with Gasteiger partial charge in [-0.25, -0.2) is 0 Å². The average molecular weight is 243 g/mol. The van der Waals surface area contributed by atoms with Crippen LogP contribution in [0.1, 0.15) is 34.1 Å². The maximum Gasteiger partial charge on any atom is 0.0842 e. The van der Waals surface area contributed by atoms with Crippen molar-refractivity contribution in [3.05, 3.63) is 52.3 Å². The summed E-state index contributed by atoms with van der Waals surface area (Å²) in [7, 11) is 3.96. The monoisotopic (exact) mass is 243 g/mol. The Labute approximate surface area is 109 Å². The molecule has 0 spiro atoms. The third kappa shape index (κ3) is 2.31. The Morgan fingerprint density at radius 3 is 2.44 bits per heavy atom. The van der Waals surface area contributed by atoms with E-state index in [1.807, 2.05) is 18.8 Å². The van der Waals surface area contributed by atoms with Gasteiger partial charge in [-0.05, 0) is 45.0 Å². The highest BCUT2D eigenvalue weighted by Gasteiger charge is 2.17. The third-order valence-electron chi connectivity index (χ3n) is 3.46. The first-order valence-corrected chi connectivity index (χ1v) is 6.28. The number of nitrogens with zero attached hydrogens (tertiary/aromatic N) is 2. The second-order valence-electron chi connectivity index (χ2n) is 4.92. The smallest absolute Gasteiger partial charge is 0.0842 e. The Bertz CT molecular complexity index is 535. The van der Waals surface area contributed by atoms with E-state index in [-0.39, 0.29) is 6.04 Å². The molecule has 0 fully saturated rings. The number of hydrogen-bond acceptors (Lipinski definition) is 2. The minimum Gasteiger partial charge on any atom is -0.308 e. The molecule has 1 aromatic heterocycles. The minimum absolute atomic E-state index is 0.157. The van der Waals surface area contributed by atoms with Crippen molar-refractivity contribution in [3.8, 4) is 0 Å². The summed E-state index contributed by atoms with van der Waals surface area (Å²) in [5, 5.41) is 7.95. The molecule has 1 heterocycles. The molecule has 1 atom stereocenters. The van der Waals surface area contributed by atoms with Crippen molar-refractivity contribution in [3.63, 3.8) is 0 Å². The van der Waals surface area contributed by atoms with Gasteiger partial charge in [-0.1, -0.05) is 23.8 Å². The lowest BCUT2D eigenvalue weighted by atomic mass is 9.97. The fraction of sp³-hybridized carbons (Fsp3) is 0.400. The summed E-state index contributed by atoms with van der Waals surface area (Å²) in [6, 6.07) is 8.86. The van der Waals surface area contributed by atoms with E-state index in [0.717, 1.165) is 5.69 Å². The van der Waals surface area contributed by atoms with Crippen molar-refractivity contribution in [2.75, 3.05) is 7.05 Å². The quantitative estimate of drug-likeness (QED) is 0.898. The van der Waals surface area contributed by atoms with Gasteiger partial charge < -0.3 is 5.32 Å². The highest BCUT2D eigenvalue weighted by atomic mass is 15.3. The predicted molar refractivity (Wildman–Crippen MR) is 74.8 cm³/mol. The van der Waals surface area contributed by atoms with E-state index in [1.165, 1.54) is 22.4 Å². The first kappa shape index (κ1) is 12.8. The SMILES string of the molecule is CNC(c1cc(C)n(C)n1)c1cc(C)ccc1C. The van der Waals surface area contributed by atoms with Gasteiger partial charge >= 0.3 is 0 Å². The molecule has 0 bridgehead atoms. The van der Waals surface area contributed by atoms with Crippen molar-refractivity contribution in [2.24, 2.45) is 7.05 Å². The van der Waals surface area contributed by atoms with Crippen LogP contribution < -0.4 is 5.32 Å². The molecule has 0 aliphatic heterocycles. The Hall–Kier alpha value is -1.61. The van der Waals surface area contributed by atoms with Crippen LogP contribution in [0.5, 0.6) is 0 Å². The fourth-order valence-electron chi connectivity index (χ4n) is 2.26. The minimum atomic E-state index is 0.157. The number of nitrogens with one attached hydrogen (secondary N) is 1. The van der Waals surface area contributed by atoms with Crippen LogP contribution in [0, 0.1) is 20.8 Å². The lowest BCUT2D eigenvalue weighted by molar-refractivity contribution is 0.635. The average Bonchev–Trinajstić information content (AvgIpc) is 2.65. The molecule has 0 radical (unpaired) electrons. The van der Waals surface area contributed by atoms with Gasteiger partial charge in [0.1, 0.15) is 0 Å². The van der Waals surface area contributed by atoms with E-state index in [0.29, 0.717) is 0 Å². The van der Waals surface area contributed by atoms with E-state index < -0.39 is 0 Å². The number of hydrogen-bond donors (Lipinski definition) is 1. The van der Waals surface area contributed by atoms with Crippen LogP contribution in [0.25, 0.3) is 0 Å². The van der Waals surface area contributed by atoms with E-state index >= 15 is 0 Å². The Morgan fingerprint density at radius 2 is 1.89 bits per heavy atom. The van der Waals surface area contributed by atoms with Crippen molar-refractivity contribution in [1.82, 2.24) is 15.1 Å². The van der Waals surface area contributed by atoms with Gasteiger partial charge in [0.05, 0.1) is 11.7 Å². The summed E-state index contributed by atoms with van der Waals surface area (Å²) in [6.45, 7) is 6.35. The topological polar surface area (TPSA) is 29.9 Å². The number of aromatic nitrogens is 2. The molecule has 3 nitrogen and oxygen atoms in total. The predicted octanol–water partition coefficient (Wildman–Crippen LogP) is 2.65. The van der Waals surface area contributed by atoms with Gasteiger partial charge in [-0.2, -0.15) is 5.10 Å². The van der Waals surface area contributed by atoms with Crippen LogP contribution in [-0.2, 0) is 7.05 Å². The normalized spacial score (nSPS) is 12.7. The molecule has 1 unspecified atom stereocenters. The summed E-state index contributed by atoms with van der Waals surface area (Å²) in [5.74, 6) is 0. The largest absolute Gasteiger partial charge is 0.308 e. The van der Waals surface area contributed by atoms with Gasteiger partial charge in [0, 0.05) is 12.7 Å². The number of aryl methyl sites for hydroxylation is 4. The lowest BCUT2D eigenvalue weighted by Crippen LogP contribution is -2.19. The van der Waals surface area contributed by atoms with Gasteiger partial charge in [0.2, 0.25) is 0 Å². The molecule has 0 amide bonds. The fourth-order valence-corrected chi connectivity index (χ4v) is 2.26. The second kappa shape index (κ2) is 4.94. The van der Waals surface area contributed by atoms with Crippen LogP contribution in [-0.4, -0.2) is 16.8 Å². The summed E-state index contributed by atoms with van der Waals surface area (Å²) in [6.07, 6.45) is 0. The zero-order valence-electron chi connectivity index (χ0n) is 11.8. The molecule has 2 aromatic rings. The molecule has 0 aliphatic rings. The molecule has 0 aliphatic carbocycles. The zero-order chi connectivity index (χ0) is 13.3. The van der Waals surface area contributed by atoms with Gasteiger partial charge in [0.25, 0.3) is 0 Å². The molecular formula is C15H21N3. The molecule has 0 saturated heterocycles. The van der Waals surface area contributed by atoms with Crippen molar-refractivity contribution < 1.29 is 0 Å².